The highest BCUT2D eigenvalue weighted by Gasteiger charge is 2.35. The summed E-state index contributed by atoms with van der Waals surface area (Å²) in [6.45, 7) is 2.86. The van der Waals surface area contributed by atoms with E-state index >= 15 is 0 Å². The van der Waals surface area contributed by atoms with Crippen molar-refractivity contribution in [1.82, 2.24) is 9.80 Å². The monoisotopic (exact) mass is 366 g/mol. The topological polar surface area (TPSA) is 66.9 Å². The van der Waals surface area contributed by atoms with E-state index in [0.717, 1.165) is 16.2 Å². The predicted octanol–water partition coefficient (Wildman–Crippen LogP) is 2.52. The van der Waals surface area contributed by atoms with E-state index in [0.29, 0.717) is 24.3 Å². The number of likely N-dealkylation sites (N-methyl/N-ethyl adjacent to an activating group) is 1. The van der Waals surface area contributed by atoms with Gasteiger partial charge in [0, 0.05) is 20.0 Å². The third kappa shape index (κ3) is 4.16. The summed E-state index contributed by atoms with van der Waals surface area (Å²) in [5, 5.41) is 0. The van der Waals surface area contributed by atoms with Gasteiger partial charge in [-0.25, -0.2) is 0 Å². The first-order valence-corrected chi connectivity index (χ1v) is 8.86. The van der Waals surface area contributed by atoms with Gasteiger partial charge in [-0.05, 0) is 36.8 Å². The molecule has 0 saturated heterocycles. The first-order chi connectivity index (χ1) is 13.0. The molecule has 6 heteroatoms. The summed E-state index contributed by atoms with van der Waals surface area (Å²) < 4.78 is 5.65. The minimum absolute atomic E-state index is 0.0776. The number of rotatable bonds is 7. The van der Waals surface area contributed by atoms with Crippen molar-refractivity contribution in [3.05, 3.63) is 65.2 Å². The molecule has 0 N–H and O–H groups in total. The van der Waals surface area contributed by atoms with Gasteiger partial charge >= 0.3 is 0 Å². The SMILES string of the molecule is Cc1cccc(OCCN(C)C(=O)CCN2C(=O)c3ccccc3C2=O)c1. The highest BCUT2D eigenvalue weighted by Crippen LogP contribution is 2.22. The van der Waals surface area contributed by atoms with Crippen LogP contribution in [0.4, 0.5) is 0 Å². The van der Waals surface area contributed by atoms with Gasteiger partial charge in [0.05, 0.1) is 17.7 Å². The number of ether oxygens (including phenoxy) is 1. The molecule has 27 heavy (non-hydrogen) atoms. The Bertz CT molecular complexity index is 843. The molecule has 0 fully saturated rings. The zero-order valence-corrected chi connectivity index (χ0v) is 15.5. The average Bonchev–Trinajstić information content (AvgIpc) is 2.90. The summed E-state index contributed by atoms with van der Waals surface area (Å²) in [5.41, 5.74) is 1.91. The van der Waals surface area contributed by atoms with Gasteiger partial charge in [-0.1, -0.05) is 24.3 Å². The van der Waals surface area contributed by atoms with Gasteiger partial charge in [-0.15, -0.1) is 0 Å². The summed E-state index contributed by atoms with van der Waals surface area (Å²) in [5.74, 6) is -0.0519. The van der Waals surface area contributed by atoms with Crippen molar-refractivity contribution < 1.29 is 19.1 Å². The fourth-order valence-electron chi connectivity index (χ4n) is 2.97. The lowest BCUT2D eigenvalue weighted by Gasteiger charge is -2.19. The quantitative estimate of drug-likeness (QED) is 0.706. The van der Waals surface area contributed by atoms with Crippen molar-refractivity contribution in [2.75, 3.05) is 26.7 Å². The Morgan fingerprint density at radius 2 is 1.70 bits per heavy atom. The molecule has 3 amide bonds. The minimum Gasteiger partial charge on any atom is -0.492 e. The van der Waals surface area contributed by atoms with E-state index < -0.39 is 0 Å². The minimum atomic E-state index is -0.339. The molecule has 0 bridgehead atoms. The lowest BCUT2D eigenvalue weighted by molar-refractivity contribution is -0.130. The molecule has 2 aromatic rings. The van der Waals surface area contributed by atoms with Crippen LogP contribution in [0.25, 0.3) is 0 Å². The molecule has 6 nitrogen and oxygen atoms in total. The summed E-state index contributed by atoms with van der Waals surface area (Å²) in [6, 6.07) is 14.4. The third-order valence-electron chi connectivity index (χ3n) is 4.54. The number of imide groups is 1. The predicted molar refractivity (Wildman–Crippen MR) is 101 cm³/mol. The van der Waals surface area contributed by atoms with Crippen LogP contribution in [0.15, 0.2) is 48.5 Å². The maximum absolute atomic E-state index is 12.3. The zero-order valence-electron chi connectivity index (χ0n) is 15.5. The largest absolute Gasteiger partial charge is 0.492 e. The Kier molecular flexibility index (Phi) is 5.54. The molecule has 0 unspecified atom stereocenters. The Labute approximate surface area is 158 Å². The Hall–Kier alpha value is -3.15. The molecule has 1 aliphatic rings. The molecule has 2 aromatic carbocycles. The van der Waals surface area contributed by atoms with Crippen molar-refractivity contribution in [2.45, 2.75) is 13.3 Å². The van der Waals surface area contributed by atoms with Crippen LogP contribution in [0.2, 0.25) is 0 Å². The van der Waals surface area contributed by atoms with Crippen LogP contribution >= 0.6 is 0 Å². The van der Waals surface area contributed by atoms with E-state index in [-0.39, 0.29) is 30.7 Å². The van der Waals surface area contributed by atoms with Gasteiger partial charge in [0.15, 0.2) is 0 Å². The number of hydrogen-bond donors (Lipinski definition) is 0. The fourth-order valence-corrected chi connectivity index (χ4v) is 2.97. The molecule has 1 aliphatic heterocycles. The summed E-state index contributed by atoms with van der Waals surface area (Å²) >= 11 is 0. The number of benzene rings is 2. The lowest BCUT2D eigenvalue weighted by Crippen LogP contribution is -2.36. The van der Waals surface area contributed by atoms with Gasteiger partial charge in [0.25, 0.3) is 11.8 Å². The molecule has 3 rings (SSSR count). The molecule has 0 saturated carbocycles. The highest BCUT2D eigenvalue weighted by molar-refractivity contribution is 6.21. The van der Waals surface area contributed by atoms with E-state index in [9.17, 15) is 14.4 Å². The molecule has 0 aromatic heterocycles. The second-order valence-electron chi connectivity index (χ2n) is 6.54. The van der Waals surface area contributed by atoms with Crippen LogP contribution in [-0.4, -0.2) is 54.3 Å². The van der Waals surface area contributed by atoms with Crippen LogP contribution in [-0.2, 0) is 4.79 Å². The summed E-state index contributed by atoms with van der Waals surface area (Å²) in [7, 11) is 1.68. The Balaban J connectivity index is 1.46. The van der Waals surface area contributed by atoms with Crippen molar-refractivity contribution >= 4 is 17.7 Å². The van der Waals surface area contributed by atoms with Gasteiger partial charge < -0.3 is 9.64 Å². The number of fused-ring (bicyclic) bond motifs is 1. The van der Waals surface area contributed by atoms with E-state index in [1.807, 2.05) is 31.2 Å². The van der Waals surface area contributed by atoms with Crippen LogP contribution in [0.5, 0.6) is 5.75 Å². The third-order valence-corrected chi connectivity index (χ3v) is 4.54. The van der Waals surface area contributed by atoms with Gasteiger partial charge in [0.1, 0.15) is 12.4 Å². The van der Waals surface area contributed by atoms with Gasteiger partial charge in [0.2, 0.25) is 5.91 Å². The van der Waals surface area contributed by atoms with Gasteiger partial charge in [-0.2, -0.15) is 0 Å². The van der Waals surface area contributed by atoms with E-state index in [4.69, 9.17) is 4.74 Å². The maximum atomic E-state index is 12.3. The Morgan fingerprint density at radius 1 is 1.04 bits per heavy atom. The molecular formula is C21H22N2O4. The molecule has 0 aliphatic carbocycles. The number of hydrogen-bond acceptors (Lipinski definition) is 4. The number of carbonyl (C=O) groups excluding carboxylic acids is 3. The number of carbonyl (C=O) groups is 3. The molecule has 0 atom stereocenters. The highest BCUT2D eigenvalue weighted by atomic mass is 16.5. The van der Waals surface area contributed by atoms with E-state index in [2.05, 4.69) is 0 Å². The standard InChI is InChI=1S/C21H22N2O4/c1-15-6-5-7-16(14-15)27-13-12-22(2)19(24)10-11-23-20(25)17-8-3-4-9-18(17)21(23)26/h3-9,14H,10-13H2,1-2H3. The van der Waals surface area contributed by atoms with Crippen molar-refractivity contribution in [1.29, 1.82) is 0 Å². The molecule has 140 valence electrons. The molecule has 0 spiro atoms. The fraction of sp³-hybridized carbons (Fsp3) is 0.286. The summed E-state index contributed by atoms with van der Waals surface area (Å²) in [6.07, 6.45) is 0.0897. The van der Waals surface area contributed by atoms with E-state index in [1.54, 1.807) is 36.2 Å². The summed E-state index contributed by atoms with van der Waals surface area (Å²) in [4.78, 5) is 39.6. The maximum Gasteiger partial charge on any atom is 0.261 e. The second-order valence-corrected chi connectivity index (χ2v) is 6.54. The van der Waals surface area contributed by atoms with Crippen molar-refractivity contribution in [3.63, 3.8) is 0 Å². The normalized spacial score (nSPS) is 12.9. The number of amides is 3. The smallest absolute Gasteiger partial charge is 0.261 e. The average molecular weight is 366 g/mol. The first-order valence-electron chi connectivity index (χ1n) is 8.86. The molecular weight excluding hydrogens is 344 g/mol. The number of aryl methyl sites for hydroxylation is 1. The van der Waals surface area contributed by atoms with E-state index in [1.165, 1.54) is 0 Å². The lowest BCUT2D eigenvalue weighted by atomic mass is 10.1. The first kappa shape index (κ1) is 18.6. The molecule has 0 radical (unpaired) electrons. The van der Waals surface area contributed by atoms with Crippen LogP contribution in [0.3, 0.4) is 0 Å². The van der Waals surface area contributed by atoms with Crippen LogP contribution in [0, 0.1) is 6.92 Å². The number of nitrogens with zero attached hydrogens (tertiary/aromatic N) is 2. The second kappa shape index (κ2) is 8.03. The van der Waals surface area contributed by atoms with Crippen LogP contribution in [0.1, 0.15) is 32.7 Å². The van der Waals surface area contributed by atoms with Crippen LogP contribution < -0.4 is 4.74 Å². The zero-order chi connectivity index (χ0) is 19.4. The Morgan fingerprint density at radius 3 is 2.33 bits per heavy atom. The van der Waals surface area contributed by atoms with Crippen molar-refractivity contribution in [2.24, 2.45) is 0 Å². The molecule has 1 heterocycles. The van der Waals surface area contributed by atoms with Gasteiger partial charge in [-0.3, -0.25) is 19.3 Å². The van der Waals surface area contributed by atoms with Crippen molar-refractivity contribution in [3.8, 4) is 5.75 Å².